The van der Waals surface area contributed by atoms with Crippen LogP contribution in [0.1, 0.15) is 16.7 Å². The van der Waals surface area contributed by atoms with Crippen LogP contribution < -0.4 is 4.57 Å². The number of benzene rings is 2. The molecule has 0 aliphatic heterocycles. The van der Waals surface area contributed by atoms with E-state index in [-0.39, 0.29) is 0 Å². The number of nitriles is 1. The number of furan rings is 1. The van der Waals surface area contributed by atoms with Crippen molar-refractivity contribution in [2.24, 2.45) is 7.05 Å². The minimum Gasteiger partial charge on any atom is -0.456 e. The second kappa shape index (κ2) is 5.21. The lowest BCUT2D eigenvalue weighted by molar-refractivity contribution is -0.660. The average Bonchev–Trinajstić information content (AvgIpc) is 2.94. The molecule has 0 spiro atoms. The van der Waals surface area contributed by atoms with Gasteiger partial charge in [-0.15, -0.1) is 0 Å². The third-order valence-corrected chi connectivity index (χ3v) is 4.58. The second-order valence-electron chi connectivity index (χ2n) is 6.21. The third kappa shape index (κ3) is 2.00. The van der Waals surface area contributed by atoms with Gasteiger partial charge in [0.25, 0.3) is 0 Å². The largest absolute Gasteiger partial charge is 0.456 e. The number of fused-ring (bicyclic) bond motifs is 3. The van der Waals surface area contributed by atoms with E-state index in [1.54, 1.807) is 0 Å². The Labute approximate surface area is 140 Å². The van der Waals surface area contributed by atoms with Crippen molar-refractivity contribution < 1.29 is 8.98 Å². The molecule has 0 aliphatic rings. The Bertz CT molecular complexity index is 1150. The highest BCUT2D eigenvalue weighted by molar-refractivity contribution is 6.14. The molecule has 0 saturated carbocycles. The van der Waals surface area contributed by atoms with E-state index in [0.29, 0.717) is 5.56 Å². The molecule has 2 aromatic heterocycles. The molecule has 0 amide bonds. The van der Waals surface area contributed by atoms with E-state index in [4.69, 9.17) is 4.42 Å². The number of nitrogens with zero attached hydrogens (tertiary/aromatic N) is 2. The van der Waals surface area contributed by atoms with Crippen molar-refractivity contribution in [3.05, 3.63) is 65.4 Å². The molecular weight excluding hydrogens is 296 g/mol. The molecule has 0 aliphatic carbocycles. The van der Waals surface area contributed by atoms with Crippen LogP contribution in [0.25, 0.3) is 33.2 Å². The summed E-state index contributed by atoms with van der Waals surface area (Å²) in [6, 6.07) is 16.3. The molecular formula is C21H17N2O+. The van der Waals surface area contributed by atoms with Crippen molar-refractivity contribution in [3.8, 4) is 17.3 Å². The minimum absolute atomic E-state index is 0.627. The highest BCUT2D eigenvalue weighted by atomic mass is 16.3. The summed E-state index contributed by atoms with van der Waals surface area (Å²) in [6.07, 6.45) is 2.05. The maximum Gasteiger partial charge on any atom is 0.213 e. The van der Waals surface area contributed by atoms with Crippen LogP contribution in [0.2, 0.25) is 0 Å². The lowest BCUT2D eigenvalue weighted by Crippen LogP contribution is -2.30. The molecule has 0 N–H and O–H groups in total. The summed E-state index contributed by atoms with van der Waals surface area (Å²) in [5.41, 5.74) is 6.85. The summed E-state index contributed by atoms with van der Waals surface area (Å²) in [6.45, 7) is 4.16. The summed E-state index contributed by atoms with van der Waals surface area (Å²) < 4.78 is 8.20. The number of hydrogen-bond donors (Lipinski definition) is 0. The fourth-order valence-electron chi connectivity index (χ4n) is 3.47. The quantitative estimate of drug-likeness (QED) is 0.483. The monoisotopic (exact) mass is 313 g/mol. The first-order chi connectivity index (χ1) is 11.6. The van der Waals surface area contributed by atoms with Crippen molar-refractivity contribution >= 4 is 21.9 Å². The Morgan fingerprint density at radius 1 is 0.958 bits per heavy atom. The van der Waals surface area contributed by atoms with E-state index in [0.717, 1.165) is 33.2 Å². The first-order valence-electron chi connectivity index (χ1n) is 7.91. The predicted molar refractivity (Wildman–Crippen MR) is 94.5 cm³/mol. The number of rotatable bonds is 1. The number of aromatic nitrogens is 1. The van der Waals surface area contributed by atoms with E-state index < -0.39 is 0 Å². The average molecular weight is 313 g/mol. The normalized spacial score (nSPS) is 11.1. The molecule has 116 valence electrons. The van der Waals surface area contributed by atoms with Crippen LogP contribution in [0.3, 0.4) is 0 Å². The number of pyridine rings is 1. The fourth-order valence-corrected chi connectivity index (χ4v) is 3.47. The number of aryl methyl sites for hydroxylation is 3. The van der Waals surface area contributed by atoms with Gasteiger partial charge in [-0.1, -0.05) is 6.07 Å². The van der Waals surface area contributed by atoms with Gasteiger partial charge in [0.05, 0.1) is 17.2 Å². The molecule has 0 atom stereocenters. The van der Waals surface area contributed by atoms with Gasteiger partial charge in [-0.05, 0) is 49.2 Å². The van der Waals surface area contributed by atoms with Crippen LogP contribution in [-0.4, -0.2) is 0 Å². The molecule has 4 aromatic rings. The van der Waals surface area contributed by atoms with E-state index >= 15 is 0 Å². The summed E-state index contributed by atoms with van der Waals surface area (Å²) in [5, 5.41) is 11.4. The van der Waals surface area contributed by atoms with Crippen LogP contribution in [0.5, 0.6) is 0 Å². The molecule has 4 rings (SSSR count). The molecule has 0 unspecified atom stereocenters. The van der Waals surface area contributed by atoms with Crippen molar-refractivity contribution in [1.29, 1.82) is 5.26 Å². The van der Waals surface area contributed by atoms with Crippen molar-refractivity contribution in [2.45, 2.75) is 13.8 Å². The van der Waals surface area contributed by atoms with Gasteiger partial charge >= 0.3 is 0 Å². The molecule has 0 radical (unpaired) electrons. The Morgan fingerprint density at radius 3 is 2.54 bits per heavy atom. The lowest BCUT2D eigenvalue weighted by Gasteiger charge is -2.07. The van der Waals surface area contributed by atoms with Crippen LogP contribution in [0, 0.1) is 25.2 Å². The summed E-state index contributed by atoms with van der Waals surface area (Å²) in [5.74, 6) is 0. The van der Waals surface area contributed by atoms with Crippen molar-refractivity contribution in [1.82, 2.24) is 0 Å². The van der Waals surface area contributed by atoms with Crippen LogP contribution in [0.4, 0.5) is 0 Å². The zero-order valence-corrected chi connectivity index (χ0v) is 13.9. The second-order valence-corrected chi connectivity index (χ2v) is 6.21. The van der Waals surface area contributed by atoms with E-state index in [9.17, 15) is 5.26 Å². The first kappa shape index (κ1) is 14.5. The Hall–Kier alpha value is -3.12. The van der Waals surface area contributed by atoms with E-state index in [1.165, 1.54) is 11.1 Å². The maximum absolute atomic E-state index is 9.21. The van der Waals surface area contributed by atoms with Gasteiger partial charge in [0.2, 0.25) is 5.69 Å². The highest BCUT2D eigenvalue weighted by Gasteiger charge is 2.21. The van der Waals surface area contributed by atoms with Crippen LogP contribution >= 0.6 is 0 Å². The van der Waals surface area contributed by atoms with Gasteiger partial charge in [0, 0.05) is 22.9 Å². The molecule has 3 heteroatoms. The Kier molecular flexibility index (Phi) is 3.14. The molecule has 24 heavy (non-hydrogen) atoms. The lowest BCUT2D eigenvalue weighted by atomic mass is 9.96. The highest BCUT2D eigenvalue weighted by Crippen LogP contribution is 2.39. The number of hydrogen-bond acceptors (Lipinski definition) is 2. The molecule has 0 saturated heterocycles. The van der Waals surface area contributed by atoms with Gasteiger partial charge in [-0.2, -0.15) is 5.26 Å². The molecule has 3 nitrogen and oxygen atoms in total. The molecule has 0 bridgehead atoms. The topological polar surface area (TPSA) is 40.8 Å². The SMILES string of the molecule is Cc1ccc2oc3cc(C#N)cc(C)c3c2c1-c1cccc[n+]1C. The summed E-state index contributed by atoms with van der Waals surface area (Å²) >= 11 is 0. The third-order valence-electron chi connectivity index (χ3n) is 4.58. The standard InChI is InChI=1S/C21H17N2O/c1-13-7-8-17-21(19(13)16-6-4-5-9-23(16)3)20-14(2)10-15(12-22)11-18(20)24-17/h4-11H,1-3H3/q+1. The Balaban J connectivity index is 2.22. The fraction of sp³-hybridized carbons (Fsp3) is 0.143. The smallest absolute Gasteiger partial charge is 0.213 e. The zero-order valence-electron chi connectivity index (χ0n) is 13.9. The molecule has 2 heterocycles. The maximum atomic E-state index is 9.21. The van der Waals surface area contributed by atoms with Gasteiger partial charge in [0.1, 0.15) is 18.2 Å². The van der Waals surface area contributed by atoms with Crippen LogP contribution in [-0.2, 0) is 7.05 Å². The van der Waals surface area contributed by atoms with Gasteiger partial charge in [-0.25, -0.2) is 4.57 Å². The zero-order chi connectivity index (χ0) is 16.8. The summed E-state index contributed by atoms with van der Waals surface area (Å²) in [4.78, 5) is 0. The van der Waals surface area contributed by atoms with E-state index in [2.05, 4.69) is 49.0 Å². The first-order valence-corrected chi connectivity index (χ1v) is 7.91. The predicted octanol–water partition coefficient (Wildman–Crippen LogP) is 4.57. The minimum atomic E-state index is 0.627. The molecule has 2 aromatic carbocycles. The Morgan fingerprint density at radius 2 is 1.79 bits per heavy atom. The van der Waals surface area contributed by atoms with Gasteiger partial charge < -0.3 is 4.42 Å². The van der Waals surface area contributed by atoms with Gasteiger partial charge in [-0.3, -0.25) is 0 Å². The molecule has 0 fully saturated rings. The van der Waals surface area contributed by atoms with E-state index in [1.807, 2.05) is 31.2 Å². The van der Waals surface area contributed by atoms with Gasteiger partial charge in [0.15, 0.2) is 6.20 Å². The van der Waals surface area contributed by atoms with Crippen molar-refractivity contribution in [3.63, 3.8) is 0 Å². The van der Waals surface area contributed by atoms with Crippen molar-refractivity contribution in [2.75, 3.05) is 0 Å². The summed E-state index contributed by atoms with van der Waals surface area (Å²) in [7, 11) is 2.05. The van der Waals surface area contributed by atoms with Crippen LogP contribution in [0.15, 0.2) is 53.1 Å².